The largest absolute Gasteiger partial charge is 0.399 e. The van der Waals surface area contributed by atoms with Crippen molar-refractivity contribution in [2.24, 2.45) is 0 Å². The molecule has 1 fully saturated rings. The molecule has 17 heavy (non-hydrogen) atoms. The number of H-pyrrole nitrogens is 1. The zero-order chi connectivity index (χ0) is 11.8. The topological polar surface area (TPSA) is 57.9 Å². The Hall–Kier alpha value is -1.71. The van der Waals surface area contributed by atoms with Crippen molar-refractivity contribution in [1.29, 1.82) is 0 Å². The van der Waals surface area contributed by atoms with Gasteiger partial charge in [0.15, 0.2) is 0 Å². The third-order valence-electron chi connectivity index (χ3n) is 3.22. The van der Waals surface area contributed by atoms with E-state index in [0.29, 0.717) is 6.04 Å². The molecule has 1 heterocycles. The van der Waals surface area contributed by atoms with Crippen LogP contribution in [0.15, 0.2) is 18.2 Å². The van der Waals surface area contributed by atoms with Gasteiger partial charge in [-0.15, -0.1) is 0 Å². The molecule has 0 radical (unpaired) electrons. The summed E-state index contributed by atoms with van der Waals surface area (Å²) in [6.07, 6.45) is 3.73. The number of aromatic nitrogens is 2. The Balaban J connectivity index is 1.98. The van der Waals surface area contributed by atoms with Gasteiger partial charge in [-0.3, -0.25) is 0 Å². The first-order valence-electron chi connectivity index (χ1n) is 6.30. The lowest BCUT2D eigenvalue weighted by Crippen LogP contribution is -2.27. The lowest BCUT2D eigenvalue weighted by atomic mass is 10.3. The standard InChI is InChI=1S/C13H18N4/c1-2-7-17(10-4-5-10)13-15-11-6-3-9(14)8-12(11)16-13/h3,6,8,10H,2,4-5,7,14H2,1H3,(H,15,16). The van der Waals surface area contributed by atoms with Crippen molar-refractivity contribution in [3.63, 3.8) is 0 Å². The molecule has 0 amide bonds. The van der Waals surface area contributed by atoms with Crippen molar-refractivity contribution < 1.29 is 0 Å². The second kappa shape index (κ2) is 3.95. The lowest BCUT2D eigenvalue weighted by Gasteiger charge is -2.20. The molecule has 1 saturated carbocycles. The molecular formula is C13H18N4. The van der Waals surface area contributed by atoms with Gasteiger partial charge in [-0.1, -0.05) is 6.92 Å². The van der Waals surface area contributed by atoms with Crippen LogP contribution in [0.1, 0.15) is 26.2 Å². The SMILES string of the molecule is CCCN(c1nc2ccc(N)cc2[nH]1)C1CC1. The normalized spacial score (nSPS) is 15.4. The van der Waals surface area contributed by atoms with Gasteiger partial charge in [-0.05, 0) is 37.5 Å². The van der Waals surface area contributed by atoms with Gasteiger partial charge in [0, 0.05) is 18.3 Å². The Morgan fingerprint density at radius 2 is 2.29 bits per heavy atom. The molecule has 0 spiro atoms. The van der Waals surface area contributed by atoms with E-state index in [2.05, 4.69) is 21.8 Å². The van der Waals surface area contributed by atoms with Crippen LogP contribution in [0.5, 0.6) is 0 Å². The van der Waals surface area contributed by atoms with Crippen molar-refractivity contribution in [3.05, 3.63) is 18.2 Å². The Kier molecular flexibility index (Phi) is 2.42. The number of nitrogens with two attached hydrogens (primary N) is 1. The molecule has 0 unspecified atom stereocenters. The number of nitrogens with zero attached hydrogens (tertiary/aromatic N) is 2. The monoisotopic (exact) mass is 230 g/mol. The first-order valence-corrected chi connectivity index (χ1v) is 6.30. The quantitative estimate of drug-likeness (QED) is 0.793. The number of rotatable bonds is 4. The Morgan fingerprint density at radius 1 is 1.47 bits per heavy atom. The van der Waals surface area contributed by atoms with E-state index in [1.807, 2.05) is 18.2 Å². The van der Waals surface area contributed by atoms with Gasteiger partial charge < -0.3 is 15.6 Å². The van der Waals surface area contributed by atoms with Crippen molar-refractivity contribution in [2.75, 3.05) is 17.2 Å². The molecule has 90 valence electrons. The van der Waals surface area contributed by atoms with Gasteiger partial charge in [-0.2, -0.15) is 0 Å². The molecular weight excluding hydrogens is 212 g/mol. The van der Waals surface area contributed by atoms with Crippen LogP contribution >= 0.6 is 0 Å². The van der Waals surface area contributed by atoms with Crippen LogP contribution in [0.25, 0.3) is 11.0 Å². The summed E-state index contributed by atoms with van der Waals surface area (Å²) in [5.41, 5.74) is 8.58. The van der Waals surface area contributed by atoms with Crippen molar-refractivity contribution in [1.82, 2.24) is 9.97 Å². The van der Waals surface area contributed by atoms with Crippen LogP contribution in [0.2, 0.25) is 0 Å². The number of fused-ring (bicyclic) bond motifs is 1. The maximum absolute atomic E-state index is 5.78. The number of imidazole rings is 1. The summed E-state index contributed by atoms with van der Waals surface area (Å²) < 4.78 is 0. The average Bonchev–Trinajstić information content (AvgIpc) is 3.05. The van der Waals surface area contributed by atoms with Gasteiger partial charge in [0.1, 0.15) is 0 Å². The molecule has 0 saturated heterocycles. The molecule has 1 aliphatic rings. The Labute approximate surface area is 101 Å². The number of nitrogen functional groups attached to an aromatic ring is 1. The van der Waals surface area contributed by atoms with Crippen molar-refractivity contribution >= 4 is 22.7 Å². The van der Waals surface area contributed by atoms with E-state index in [-0.39, 0.29) is 0 Å². The average molecular weight is 230 g/mol. The molecule has 0 aliphatic heterocycles. The summed E-state index contributed by atoms with van der Waals surface area (Å²) >= 11 is 0. The highest BCUT2D eigenvalue weighted by Gasteiger charge is 2.30. The number of hydrogen-bond acceptors (Lipinski definition) is 3. The smallest absolute Gasteiger partial charge is 0.204 e. The van der Waals surface area contributed by atoms with Crippen LogP contribution in [-0.2, 0) is 0 Å². The summed E-state index contributed by atoms with van der Waals surface area (Å²) in [7, 11) is 0. The predicted octanol–water partition coefficient (Wildman–Crippen LogP) is 2.52. The fourth-order valence-electron chi connectivity index (χ4n) is 2.24. The Morgan fingerprint density at radius 3 is 3.00 bits per heavy atom. The van der Waals surface area contributed by atoms with Gasteiger partial charge >= 0.3 is 0 Å². The van der Waals surface area contributed by atoms with Crippen LogP contribution in [0.4, 0.5) is 11.6 Å². The minimum Gasteiger partial charge on any atom is -0.399 e. The molecule has 4 nitrogen and oxygen atoms in total. The molecule has 0 bridgehead atoms. The van der Waals surface area contributed by atoms with Gasteiger partial charge in [0.25, 0.3) is 0 Å². The van der Waals surface area contributed by atoms with E-state index in [9.17, 15) is 0 Å². The zero-order valence-corrected chi connectivity index (χ0v) is 10.1. The lowest BCUT2D eigenvalue weighted by molar-refractivity contribution is 0.743. The molecule has 4 heteroatoms. The molecule has 1 aliphatic carbocycles. The first kappa shape index (κ1) is 10.4. The van der Waals surface area contributed by atoms with E-state index in [1.54, 1.807) is 0 Å². The number of hydrogen-bond donors (Lipinski definition) is 2. The number of nitrogens with one attached hydrogen (secondary N) is 1. The molecule has 2 aromatic rings. The molecule has 3 N–H and O–H groups in total. The van der Waals surface area contributed by atoms with E-state index >= 15 is 0 Å². The maximum Gasteiger partial charge on any atom is 0.204 e. The van der Waals surface area contributed by atoms with Gasteiger partial charge in [0.2, 0.25) is 5.95 Å². The minimum absolute atomic E-state index is 0.688. The van der Waals surface area contributed by atoms with Crippen LogP contribution in [-0.4, -0.2) is 22.6 Å². The maximum atomic E-state index is 5.78. The fourth-order valence-corrected chi connectivity index (χ4v) is 2.24. The molecule has 1 aromatic carbocycles. The highest BCUT2D eigenvalue weighted by Crippen LogP contribution is 2.31. The second-order valence-electron chi connectivity index (χ2n) is 4.76. The summed E-state index contributed by atoms with van der Waals surface area (Å²) in [4.78, 5) is 10.4. The van der Waals surface area contributed by atoms with E-state index in [1.165, 1.54) is 12.8 Å². The minimum atomic E-state index is 0.688. The summed E-state index contributed by atoms with van der Waals surface area (Å²) in [5, 5.41) is 0. The summed E-state index contributed by atoms with van der Waals surface area (Å²) in [5.74, 6) is 0.995. The number of aromatic amines is 1. The number of benzene rings is 1. The van der Waals surface area contributed by atoms with Crippen molar-refractivity contribution in [3.8, 4) is 0 Å². The summed E-state index contributed by atoms with van der Waals surface area (Å²) in [6.45, 7) is 3.27. The van der Waals surface area contributed by atoms with Crippen LogP contribution in [0, 0.1) is 0 Å². The third-order valence-corrected chi connectivity index (χ3v) is 3.22. The molecule has 0 atom stereocenters. The number of anilines is 2. The zero-order valence-electron chi connectivity index (χ0n) is 10.1. The van der Waals surface area contributed by atoms with Crippen LogP contribution in [0.3, 0.4) is 0 Å². The van der Waals surface area contributed by atoms with Crippen LogP contribution < -0.4 is 10.6 Å². The molecule has 1 aromatic heterocycles. The van der Waals surface area contributed by atoms with E-state index in [4.69, 9.17) is 5.73 Å². The third kappa shape index (κ3) is 1.95. The second-order valence-corrected chi connectivity index (χ2v) is 4.76. The highest BCUT2D eigenvalue weighted by atomic mass is 15.3. The van der Waals surface area contributed by atoms with Crippen molar-refractivity contribution in [2.45, 2.75) is 32.2 Å². The first-order chi connectivity index (χ1) is 8.28. The summed E-state index contributed by atoms with van der Waals surface area (Å²) in [6, 6.07) is 6.51. The van der Waals surface area contributed by atoms with E-state index in [0.717, 1.165) is 35.6 Å². The molecule has 3 rings (SSSR count). The van der Waals surface area contributed by atoms with Gasteiger partial charge in [-0.25, -0.2) is 4.98 Å². The van der Waals surface area contributed by atoms with E-state index < -0.39 is 0 Å². The fraction of sp³-hybridized carbons (Fsp3) is 0.462. The highest BCUT2D eigenvalue weighted by molar-refractivity contribution is 5.81. The Bertz CT molecular complexity index is 527. The predicted molar refractivity (Wildman–Crippen MR) is 71.2 cm³/mol. The van der Waals surface area contributed by atoms with Gasteiger partial charge in [0.05, 0.1) is 11.0 Å².